The fourth-order valence-corrected chi connectivity index (χ4v) is 1.88. The van der Waals surface area contributed by atoms with E-state index in [9.17, 15) is 0 Å². The molecule has 1 aliphatic heterocycles. The van der Waals surface area contributed by atoms with Gasteiger partial charge in [0.1, 0.15) is 11.4 Å². The van der Waals surface area contributed by atoms with Crippen molar-refractivity contribution in [1.82, 2.24) is 0 Å². The molecule has 0 spiro atoms. The third kappa shape index (κ3) is 3.46. The Balaban J connectivity index is 2.70. The number of nitrogens with zero attached hydrogens (tertiary/aromatic N) is 1. The Labute approximate surface area is 98.2 Å². The van der Waals surface area contributed by atoms with Gasteiger partial charge in [-0.1, -0.05) is 13.8 Å². The summed E-state index contributed by atoms with van der Waals surface area (Å²) in [5, 5.41) is 0. The molecule has 1 aliphatic rings. The van der Waals surface area contributed by atoms with Gasteiger partial charge in [-0.2, -0.15) is 0 Å². The average molecular weight is 228 g/mol. The van der Waals surface area contributed by atoms with Gasteiger partial charge in [0, 0.05) is 39.2 Å². The van der Waals surface area contributed by atoms with Crippen LogP contribution in [-0.2, 0) is 9.47 Å². The maximum absolute atomic E-state index is 6.09. The van der Waals surface area contributed by atoms with Crippen molar-refractivity contribution in [3.63, 3.8) is 0 Å². The quantitative estimate of drug-likeness (QED) is 0.574. The van der Waals surface area contributed by atoms with Gasteiger partial charge in [0.15, 0.2) is 0 Å². The van der Waals surface area contributed by atoms with E-state index in [-0.39, 0.29) is 5.60 Å². The summed E-state index contributed by atoms with van der Waals surface area (Å²) >= 11 is 0. The first kappa shape index (κ1) is 13.5. The van der Waals surface area contributed by atoms with Crippen LogP contribution < -0.4 is 5.73 Å². The number of ether oxygens (including phenoxy) is 2. The predicted octanol–water partition coefficient (Wildman–Crippen LogP) is 1.59. The summed E-state index contributed by atoms with van der Waals surface area (Å²) in [5.41, 5.74) is 5.71. The molecule has 0 atom stereocenters. The Morgan fingerprint density at radius 2 is 2.06 bits per heavy atom. The van der Waals surface area contributed by atoms with E-state index in [0.717, 1.165) is 19.4 Å². The molecule has 0 aromatic rings. The van der Waals surface area contributed by atoms with Crippen LogP contribution in [0.15, 0.2) is 4.99 Å². The van der Waals surface area contributed by atoms with Crippen molar-refractivity contribution >= 4 is 5.84 Å². The third-order valence-corrected chi connectivity index (χ3v) is 2.81. The highest BCUT2D eigenvalue weighted by molar-refractivity contribution is 5.89. The van der Waals surface area contributed by atoms with Crippen molar-refractivity contribution in [2.24, 2.45) is 16.6 Å². The number of hydrogen-bond donors (Lipinski definition) is 1. The van der Waals surface area contributed by atoms with Crippen molar-refractivity contribution in [2.75, 3.05) is 26.4 Å². The topological polar surface area (TPSA) is 56.8 Å². The van der Waals surface area contributed by atoms with Gasteiger partial charge in [-0.05, 0) is 12.8 Å². The number of rotatable bonds is 5. The zero-order valence-corrected chi connectivity index (χ0v) is 10.7. The van der Waals surface area contributed by atoms with Crippen LogP contribution in [0.1, 0.15) is 33.6 Å². The van der Waals surface area contributed by atoms with E-state index < -0.39 is 0 Å². The van der Waals surface area contributed by atoms with Gasteiger partial charge in [-0.3, -0.25) is 4.99 Å². The van der Waals surface area contributed by atoms with Crippen LogP contribution in [0.4, 0.5) is 0 Å². The second-order valence-electron chi connectivity index (χ2n) is 4.66. The van der Waals surface area contributed by atoms with Crippen molar-refractivity contribution in [2.45, 2.75) is 39.2 Å². The van der Waals surface area contributed by atoms with E-state index in [2.05, 4.69) is 18.8 Å². The van der Waals surface area contributed by atoms with E-state index in [1.807, 2.05) is 6.92 Å². The molecule has 0 amide bonds. The monoisotopic (exact) mass is 228 g/mol. The molecule has 0 saturated carbocycles. The molecule has 0 aromatic carbocycles. The maximum Gasteiger partial charge on any atom is 0.129 e. The van der Waals surface area contributed by atoms with Crippen molar-refractivity contribution in [3.05, 3.63) is 0 Å². The van der Waals surface area contributed by atoms with Gasteiger partial charge in [-0.25, -0.2) is 0 Å². The first-order chi connectivity index (χ1) is 7.60. The van der Waals surface area contributed by atoms with Crippen LogP contribution in [0.25, 0.3) is 0 Å². The Kier molecular flexibility index (Phi) is 5.22. The van der Waals surface area contributed by atoms with Crippen molar-refractivity contribution in [1.29, 1.82) is 0 Å². The standard InChI is InChI=1S/C12H24N2O2/c1-4-16-12(5-7-15-8-6-12)11(13)14-9-10(2)3/h10H,4-9H2,1-3H3,(H2,13,14). The molecule has 4 heteroatoms. The highest BCUT2D eigenvalue weighted by atomic mass is 16.5. The molecule has 1 heterocycles. The SMILES string of the molecule is CCOC1(C(N)=NCC(C)C)CCOCC1. The second-order valence-corrected chi connectivity index (χ2v) is 4.66. The summed E-state index contributed by atoms with van der Waals surface area (Å²) < 4.78 is 11.2. The minimum absolute atomic E-state index is 0.373. The van der Waals surface area contributed by atoms with Gasteiger partial charge < -0.3 is 15.2 Å². The number of nitrogens with two attached hydrogens (primary N) is 1. The Hall–Kier alpha value is -0.610. The predicted molar refractivity (Wildman–Crippen MR) is 65.7 cm³/mol. The second kappa shape index (κ2) is 6.21. The summed E-state index contributed by atoms with van der Waals surface area (Å²) in [4.78, 5) is 4.45. The summed E-state index contributed by atoms with van der Waals surface area (Å²) in [7, 11) is 0. The minimum atomic E-state index is -0.373. The highest BCUT2D eigenvalue weighted by Gasteiger charge is 2.37. The largest absolute Gasteiger partial charge is 0.385 e. The Morgan fingerprint density at radius 1 is 1.44 bits per heavy atom. The highest BCUT2D eigenvalue weighted by Crippen LogP contribution is 2.25. The van der Waals surface area contributed by atoms with E-state index in [1.54, 1.807) is 0 Å². The van der Waals surface area contributed by atoms with Gasteiger partial charge in [0.2, 0.25) is 0 Å². The fraction of sp³-hybridized carbons (Fsp3) is 0.917. The normalized spacial score (nSPS) is 21.4. The lowest BCUT2D eigenvalue weighted by atomic mass is 9.92. The summed E-state index contributed by atoms with van der Waals surface area (Å²) in [5.74, 6) is 1.17. The van der Waals surface area contributed by atoms with Crippen molar-refractivity contribution in [3.8, 4) is 0 Å². The lowest BCUT2D eigenvalue weighted by molar-refractivity contribution is -0.0646. The van der Waals surface area contributed by atoms with E-state index >= 15 is 0 Å². The van der Waals surface area contributed by atoms with Crippen LogP contribution >= 0.6 is 0 Å². The molecule has 0 aliphatic carbocycles. The van der Waals surface area contributed by atoms with Gasteiger partial charge >= 0.3 is 0 Å². The lowest BCUT2D eigenvalue weighted by Gasteiger charge is -2.36. The first-order valence-electron chi connectivity index (χ1n) is 6.13. The fourth-order valence-electron chi connectivity index (χ4n) is 1.88. The minimum Gasteiger partial charge on any atom is -0.385 e. The zero-order chi connectivity index (χ0) is 12.0. The van der Waals surface area contributed by atoms with Crippen LogP contribution in [0.3, 0.4) is 0 Å². The molecular weight excluding hydrogens is 204 g/mol. The van der Waals surface area contributed by atoms with Gasteiger partial charge in [-0.15, -0.1) is 0 Å². The van der Waals surface area contributed by atoms with Crippen LogP contribution in [0.5, 0.6) is 0 Å². The molecule has 0 unspecified atom stereocenters. The molecule has 4 nitrogen and oxygen atoms in total. The third-order valence-electron chi connectivity index (χ3n) is 2.81. The summed E-state index contributed by atoms with van der Waals surface area (Å²) in [6, 6.07) is 0. The van der Waals surface area contributed by atoms with E-state index in [4.69, 9.17) is 15.2 Å². The number of amidine groups is 1. The number of hydrogen-bond acceptors (Lipinski definition) is 3. The molecule has 0 aromatic heterocycles. The van der Waals surface area contributed by atoms with Gasteiger partial charge in [0.05, 0.1) is 0 Å². The summed E-state index contributed by atoms with van der Waals surface area (Å²) in [6.45, 7) is 9.10. The van der Waals surface area contributed by atoms with Crippen molar-refractivity contribution < 1.29 is 9.47 Å². The van der Waals surface area contributed by atoms with Gasteiger partial charge in [0.25, 0.3) is 0 Å². The molecule has 2 N–H and O–H groups in total. The zero-order valence-electron chi connectivity index (χ0n) is 10.7. The van der Waals surface area contributed by atoms with Crippen LogP contribution in [0, 0.1) is 5.92 Å². The smallest absolute Gasteiger partial charge is 0.129 e. The molecular formula is C12H24N2O2. The molecule has 0 radical (unpaired) electrons. The number of aliphatic imine (C=N–C) groups is 1. The van der Waals surface area contributed by atoms with Crippen LogP contribution in [-0.4, -0.2) is 37.8 Å². The Bertz CT molecular complexity index is 228. The molecule has 16 heavy (non-hydrogen) atoms. The molecule has 94 valence electrons. The summed E-state index contributed by atoms with van der Waals surface area (Å²) in [6.07, 6.45) is 1.63. The molecule has 0 bridgehead atoms. The van der Waals surface area contributed by atoms with Crippen LogP contribution in [0.2, 0.25) is 0 Å². The lowest BCUT2D eigenvalue weighted by Crippen LogP contribution is -2.50. The molecule has 1 fully saturated rings. The first-order valence-corrected chi connectivity index (χ1v) is 6.13. The Morgan fingerprint density at radius 3 is 2.56 bits per heavy atom. The maximum atomic E-state index is 6.09. The van der Waals surface area contributed by atoms with E-state index in [0.29, 0.717) is 31.6 Å². The molecule has 1 saturated heterocycles. The average Bonchev–Trinajstić information content (AvgIpc) is 2.27. The van der Waals surface area contributed by atoms with E-state index in [1.165, 1.54) is 0 Å². The molecule has 1 rings (SSSR count).